The molecule has 0 heterocycles. The van der Waals surface area contributed by atoms with E-state index >= 15 is 0 Å². The Morgan fingerprint density at radius 3 is 2.45 bits per heavy atom. The van der Waals surface area contributed by atoms with E-state index in [1.165, 1.54) is 0 Å². The second kappa shape index (κ2) is 7.14. The van der Waals surface area contributed by atoms with Gasteiger partial charge in [0.25, 0.3) is 5.91 Å². The summed E-state index contributed by atoms with van der Waals surface area (Å²) in [6.45, 7) is 0. The Morgan fingerprint density at radius 1 is 1.10 bits per heavy atom. The lowest BCUT2D eigenvalue weighted by Gasteiger charge is -2.11. The van der Waals surface area contributed by atoms with Gasteiger partial charge in [0.15, 0.2) is 5.11 Å². The average Bonchev–Trinajstić information content (AvgIpc) is 2.41. The third-order valence-corrected chi connectivity index (χ3v) is 4.30. The van der Waals surface area contributed by atoms with Crippen LogP contribution in [0.15, 0.2) is 53.0 Å². The average molecular weight is 461 g/mol. The van der Waals surface area contributed by atoms with E-state index in [-0.39, 0.29) is 11.0 Å². The number of benzene rings is 2. The SMILES string of the molecule is O=C(NC(=S)Nc1ccccc1I)c1ccccc1Br. The molecule has 0 atom stereocenters. The first-order valence-electron chi connectivity index (χ1n) is 5.69. The maximum atomic E-state index is 12.1. The molecule has 2 rings (SSSR count). The van der Waals surface area contributed by atoms with Crippen molar-refractivity contribution in [1.29, 1.82) is 0 Å². The first-order chi connectivity index (χ1) is 9.58. The molecule has 0 fully saturated rings. The van der Waals surface area contributed by atoms with Gasteiger partial charge in [-0.25, -0.2) is 0 Å². The van der Waals surface area contributed by atoms with E-state index in [1.54, 1.807) is 12.1 Å². The summed E-state index contributed by atoms with van der Waals surface area (Å²) in [5.74, 6) is -0.249. The van der Waals surface area contributed by atoms with Crippen molar-refractivity contribution in [3.05, 3.63) is 62.1 Å². The summed E-state index contributed by atoms with van der Waals surface area (Å²) >= 11 is 10.7. The Morgan fingerprint density at radius 2 is 1.75 bits per heavy atom. The molecule has 1 amide bonds. The van der Waals surface area contributed by atoms with Gasteiger partial charge in [0.2, 0.25) is 0 Å². The normalized spacial score (nSPS) is 9.90. The second-order valence-electron chi connectivity index (χ2n) is 3.87. The number of para-hydroxylation sites is 1. The first kappa shape index (κ1) is 15.4. The van der Waals surface area contributed by atoms with Gasteiger partial charge >= 0.3 is 0 Å². The van der Waals surface area contributed by atoms with Gasteiger partial charge in [0.05, 0.1) is 11.3 Å². The Kier molecular flexibility index (Phi) is 5.50. The van der Waals surface area contributed by atoms with Crippen LogP contribution in [0.4, 0.5) is 5.69 Å². The fourth-order valence-electron chi connectivity index (χ4n) is 1.53. The molecular formula is C14H10BrIN2OS. The molecule has 0 bridgehead atoms. The smallest absolute Gasteiger partial charge is 0.258 e. The molecule has 2 aromatic rings. The summed E-state index contributed by atoms with van der Waals surface area (Å²) in [6.07, 6.45) is 0. The third kappa shape index (κ3) is 4.00. The largest absolute Gasteiger partial charge is 0.332 e. The Labute approximate surface area is 144 Å². The van der Waals surface area contributed by atoms with Gasteiger partial charge in [0, 0.05) is 8.04 Å². The predicted octanol–water partition coefficient (Wildman–Crippen LogP) is 4.18. The summed E-state index contributed by atoms with van der Waals surface area (Å²) in [6, 6.07) is 14.9. The molecule has 0 aliphatic rings. The van der Waals surface area contributed by atoms with E-state index < -0.39 is 0 Å². The summed E-state index contributed by atoms with van der Waals surface area (Å²) in [7, 11) is 0. The van der Waals surface area contributed by atoms with Gasteiger partial charge in [-0.15, -0.1) is 0 Å². The van der Waals surface area contributed by atoms with Crippen molar-refractivity contribution < 1.29 is 4.79 Å². The number of thiocarbonyl (C=S) groups is 1. The number of hydrogen-bond acceptors (Lipinski definition) is 2. The van der Waals surface area contributed by atoms with E-state index in [0.717, 1.165) is 13.7 Å². The monoisotopic (exact) mass is 460 g/mol. The van der Waals surface area contributed by atoms with E-state index in [9.17, 15) is 4.79 Å². The number of anilines is 1. The minimum Gasteiger partial charge on any atom is -0.332 e. The zero-order valence-electron chi connectivity index (χ0n) is 10.2. The highest BCUT2D eigenvalue weighted by Crippen LogP contribution is 2.17. The molecule has 0 spiro atoms. The molecule has 20 heavy (non-hydrogen) atoms. The highest BCUT2D eigenvalue weighted by molar-refractivity contribution is 14.1. The highest BCUT2D eigenvalue weighted by atomic mass is 127. The van der Waals surface area contributed by atoms with Crippen LogP contribution in [0.1, 0.15) is 10.4 Å². The third-order valence-electron chi connectivity index (χ3n) is 2.47. The Balaban J connectivity index is 2.04. The molecule has 0 aliphatic carbocycles. The Bertz CT molecular complexity index is 663. The first-order valence-corrected chi connectivity index (χ1v) is 7.97. The van der Waals surface area contributed by atoms with Crippen LogP contribution in [0, 0.1) is 3.57 Å². The Hall–Kier alpha value is -0.990. The van der Waals surface area contributed by atoms with Gasteiger partial charge in [-0.2, -0.15) is 0 Å². The standard InChI is InChI=1S/C14H10BrIN2OS/c15-10-6-2-1-5-9(10)13(19)18-14(20)17-12-8-4-3-7-11(12)16/h1-8H,(H2,17,18,19,20). The van der Waals surface area contributed by atoms with Crippen LogP contribution >= 0.6 is 50.7 Å². The van der Waals surface area contributed by atoms with Gasteiger partial charge in [-0.1, -0.05) is 24.3 Å². The topological polar surface area (TPSA) is 41.1 Å². The molecule has 0 unspecified atom stereocenters. The van der Waals surface area contributed by atoms with Gasteiger partial charge in [0.1, 0.15) is 0 Å². The number of carbonyl (C=O) groups is 1. The fourth-order valence-corrected chi connectivity index (χ4v) is 2.72. The maximum Gasteiger partial charge on any atom is 0.258 e. The van der Waals surface area contributed by atoms with E-state index in [2.05, 4.69) is 49.2 Å². The highest BCUT2D eigenvalue weighted by Gasteiger charge is 2.11. The van der Waals surface area contributed by atoms with Crippen molar-refractivity contribution in [3.63, 3.8) is 0 Å². The van der Waals surface area contributed by atoms with Crippen LogP contribution in [0.2, 0.25) is 0 Å². The van der Waals surface area contributed by atoms with Crippen molar-refractivity contribution in [1.82, 2.24) is 5.32 Å². The van der Waals surface area contributed by atoms with E-state index in [4.69, 9.17) is 12.2 Å². The van der Waals surface area contributed by atoms with Crippen LogP contribution in [-0.4, -0.2) is 11.0 Å². The zero-order chi connectivity index (χ0) is 14.5. The molecule has 2 N–H and O–H groups in total. The van der Waals surface area contributed by atoms with Crippen LogP contribution < -0.4 is 10.6 Å². The molecule has 0 aliphatic heterocycles. The van der Waals surface area contributed by atoms with Crippen LogP contribution in [0.5, 0.6) is 0 Å². The van der Waals surface area contributed by atoms with Crippen molar-refractivity contribution in [2.24, 2.45) is 0 Å². The zero-order valence-corrected chi connectivity index (χ0v) is 14.8. The molecule has 0 saturated carbocycles. The van der Waals surface area contributed by atoms with Gasteiger partial charge in [-0.05, 0) is 75.0 Å². The quantitative estimate of drug-likeness (QED) is 0.521. The van der Waals surface area contributed by atoms with Crippen LogP contribution in [-0.2, 0) is 0 Å². The number of carbonyl (C=O) groups excluding carboxylic acids is 1. The predicted molar refractivity (Wildman–Crippen MR) is 97.0 cm³/mol. The maximum absolute atomic E-state index is 12.1. The lowest BCUT2D eigenvalue weighted by Crippen LogP contribution is -2.34. The van der Waals surface area contributed by atoms with Crippen molar-refractivity contribution in [2.75, 3.05) is 5.32 Å². The van der Waals surface area contributed by atoms with E-state index in [1.807, 2.05) is 36.4 Å². The van der Waals surface area contributed by atoms with E-state index in [0.29, 0.717) is 5.56 Å². The minimum absolute atomic E-state index is 0.249. The molecule has 0 saturated heterocycles. The summed E-state index contributed by atoms with van der Waals surface area (Å²) in [4.78, 5) is 12.1. The van der Waals surface area contributed by atoms with Crippen molar-refractivity contribution >= 4 is 67.4 Å². The summed E-state index contributed by atoms with van der Waals surface area (Å²) in [5.41, 5.74) is 1.41. The van der Waals surface area contributed by atoms with Crippen LogP contribution in [0.3, 0.4) is 0 Å². The number of nitrogens with one attached hydrogen (secondary N) is 2. The second-order valence-corrected chi connectivity index (χ2v) is 6.29. The van der Waals surface area contributed by atoms with Crippen molar-refractivity contribution in [2.45, 2.75) is 0 Å². The van der Waals surface area contributed by atoms with Gasteiger partial charge in [-0.3, -0.25) is 10.1 Å². The molecule has 0 aromatic heterocycles. The lowest BCUT2D eigenvalue weighted by molar-refractivity contribution is 0.0977. The number of halogens is 2. The number of amides is 1. The molecular weight excluding hydrogens is 451 g/mol. The molecule has 0 radical (unpaired) electrons. The minimum atomic E-state index is -0.249. The summed E-state index contributed by atoms with van der Waals surface area (Å²) in [5, 5.41) is 5.94. The molecule has 6 heteroatoms. The molecule has 102 valence electrons. The number of rotatable bonds is 2. The fraction of sp³-hybridized carbons (Fsp3) is 0. The van der Waals surface area contributed by atoms with Crippen LogP contribution in [0.25, 0.3) is 0 Å². The molecule has 2 aromatic carbocycles. The summed E-state index contributed by atoms with van der Waals surface area (Å²) < 4.78 is 1.76. The number of hydrogen-bond donors (Lipinski definition) is 2. The lowest BCUT2D eigenvalue weighted by atomic mass is 10.2. The van der Waals surface area contributed by atoms with Crippen molar-refractivity contribution in [3.8, 4) is 0 Å². The van der Waals surface area contributed by atoms with Gasteiger partial charge < -0.3 is 5.32 Å². The molecule has 3 nitrogen and oxygen atoms in total.